The Labute approximate surface area is 121 Å². The minimum Gasteiger partial charge on any atom is -0.370 e. The van der Waals surface area contributed by atoms with Gasteiger partial charge < -0.3 is 10.2 Å². The standard InChI is InChI=1S/C15H26N4O/c1-4-5-12-10-13(19-16)18-14(17-12)15(20-3)8-6-11(2)7-9-15/h10-11H,4-9,16H2,1-3H3,(H,17,18,19). The van der Waals surface area contributed by atoms with Gasteiger partial charge in [-0.15, -0.1) is 0 Å². The number of rotatable bonds is 5. The van der Waals surface area contributed by atoms with E-state index in [0.29, 0.717) is 5.82 Å². The van der Waals surface area contributed by atoms with Gasteiger partial charge in [-0.2, -0.15) is 0 Å². The summed E-state index contributed by atoms with van der Waals surface area (Å²) in [5.41, 5.74) is 3.33. The topological polar surface area (TPSA) is 73.1 Å². The van der Waals surface area contributed by atoms with Crippen molar-refractivity contribution in [3.8, 4) is 0 Å². The first-order chi connectivity index (χ1) is 9.63. The lowest BCUT2D eigenvalue weighted by Crippen LogP contribution is -2.35. The number of ether oxygens (including phenoxy) is 1. The predicted octanol–water partition coefficient (Wildman–Crippen LogP) is 2.77. The van der Waals surface area contributed by atoms with Crippen molar-refractivity contribution in [2.75, 3.05) is 12.5 Å². The second-order valence-electron chi connectivity index (χ2n) is 5.84. The van der Waals surface area contributed by atoms with Crippen LogP contribution in [0, 0.1) is 5.92 Å². The van der Waals surface area contributed by atoms with Gasteiger partial charge >= 0.3 is 0 Å². The van der Waals surface area contributed by atoms with Crippen LogP contribution in [-0.4, -0.2) is 17.1 Å². The number of nitrogens with one attached hydrogen (secondary N) is 1. The van der Waals surface area contributed by atoms with Crippen molar-refractivity contribution in [3.63, 3.8) is 0 Å². The third-order valence-corrected chi connectivity index (χ3v) is 4.31. The molecule has 0 aromatic carbocycles. The Bertz CT molecular complexity index is 441. The van der Waals surface area contributed by atoms with Gasteiger partial charge in [0, 0.05) is 18.9 Å². The molecule has 0 amide bonds. The molecular formula is C15H26N4O. The molecule has 0 saturated heterocycles. The summed E-state index contributed by atoms with van der Waals surface area (Å²) in [4.78, 5) is 9.28. The summed E-state index contributed by atoms with van der Waals surface area (Å²) in [6.45, 7) is 4.44. The Kier molecular flexibility index (Phi) is 4.94. The molecule has 1 aromatic rings. The first-order valence-corrected chi connectivity index (χ1v) is 7.53. The van der Waals surface area contributed by atoms with E-state index in [2.05, 4.69) is 24.3 Å². The number of nitrogen functional groups attached to an aromatic ring is 1. The molecule has 112 valence electrons. The number of nitrogens with zero attached hydrogens (tertiary/aromatic N) is 2. The summed E-state index contributed by atoms with van der Waals surface area (Å²) in [6.07, 6.45) is 6.24. The maximum absolute atomic E-state index is 5.85. The molecule has 3 N–H and O–H groups in total. The zero-order valence-electron chi connectivity index (χ0n) is 12.8. The molecule has 1 aliphatic rings. The molecule has 0 spiro atoms. The molecule has 20 heavy (non-hydrogen) atoms. The highest BCUT2D eigenvalue weighted by atomic mass is 16.5. The van der Waals surface area contributed by atoms with Crippen LogP contribution in [0.5, 0.6) is 0 Å². The third-order valence-electron chi connectivity index (χ3n) is 4.31. The number of hydrogen-bond donors (Lipinski definition) is 2. The van der Waals surface area contributed by atoms with Gasteiger partial charge in [-0.25, -0.2) is 15.8 Å². The van der Waals surface area contributed by atoms with E-state index in [1.165, 1.54) is 0 Å². The average Bonchev–Trinajstić information content (AvgIpc) is 2.48. The molecule has 0 aliphatic heterocycles. The van der Waals surface area contributed by atoms with Crippen molar-refractivity contribution in [1.82, 2.24) is 9.97 Å². The number of aromatic nitrogens is 2. The Morgan fingerprint density at radius 2 is 2.10 bits per heavy atom. The van der Waals surface area contributed by atoms with Crippen LogP contribution in [0.4, 0.5) is 5.82 Å². The van der Waals surface area contributed by atoms with E-state index in [1.54, 1.807) is 7.11 Å². The van der Waals surface area contributed by atoms with Gasteiger partial charge in [-0.3, -0.25) is 0 Å². The second-order valence-corrected chi connectivity index (χ2v) is 5.84. The molecule has 0 bridgehead atoms. The zero-order valence-corrected chi connectivity index (χ0v) is 12.8. The van der Waals surface area contributed by atoms with E-state index in [1.807, 2.05) is 6.07 Å². The SMILES string of the molecule is CCCc1cc(NN)nc(C2(OC)CCC(C)CC2)n1. The molecule has 0 atom stereocenters. The van der Waals surface area contributed by atoms with E-state index < -0.39 is 0 Å². The van der Waals surface area contributed by atoms with Crippen LogP contribution in [0.1, 0.15) is 57.5 Å². The number of aryl methyl sites for hydroxylation is 1. The lowest BCUT2D eigenvalue weighted by Gasteiger charge is -2.37. The molecule has 2 rings (SSSR count). The van der Waals surface area contributed by atoms with Gasteiger partial charge in [-0.1, -0.05) is 20.3 Å². The summed E-state index contributed by atoms with van der Waals surface area (Å²) in [5.74, 6) is 7.75. The molecule has 0 unspecified atom stereocenters. The van der Waals surface area contributed by atoms with Crippen LogP contribution < -0.4 is 11.3 Å². The lowest BCUT2D eigenvalue weighted by molar-refractivity contribution is -0.0597. The first kappa shape index (κ1) is 15.2. The number of anilines is 1. The smallest absolute Gasteiger partial charge is 0.162 e. The largest absolute Gasteiger partial charge is 0.370 e. The summed E-state index contributed by atoms with van der Waals surface area (Å²) in [6, 6.07) is 1.92. The molecule has 0 radical (unpaired) electrons. The van der Waals surface area contributed by atoms with Crippen LogP contribution in [0.3, 0.4) is 0 Å². The number of methoxy groups -OCH3 is 1. The number of hydrazine groups is 1. The summed E-state index contributed by atoms with van der Waals surface area (Å²) < 4.78 is 5.85. The van der Waals surface area contributed by atoms with Crippen molar-refractivity contribution in [1.29, 1.82) is 0 Å². The number of nitrogens with two attached hydrogens (primary N) is 1. The highest BCUT2D eigenvalue weighted by Crippen LogP contribution is 2.40. The first-order valence-electron chi connectivity index (χ1n) is 7.53. The Hall–Kier alpha value is -1.20. The van der Waals surface area contributed by atoms with Crippen molar-refractivity contribution >= 4 is 5.82 Å². The maximum atomic E-state index is 5.85. The van der Waals surface area contributed by atoms with E-state index in [-0.39, 0.29) is 5.60 Å². The van der Waals surface area contributed by atoms with Gasteiger partial charge in [-0.05, 0) is 38.0 Å². The maximum Gasteiger partial charge on any atom is 0.162 e. The fourth-order valence-corrected chi connectivity index (χ4v) is 2.91. The molecule has 1 fully saturated rings. The van der Waals surface area contributed by atoms with E-state index in [4.69, 9.17) is 15.6 Å². The van der Waals surface area contributed by atoms with Gasteiger partial charge in [0.1, 0.15) is 11.4 Å². The summed E-state index contributed by atoms with van der Waals surface area (Å²) in [5, 5.41) is 0. The molecular weight excluding hydrogens is 252 g/mol. The van der Waals surface area contributed by atoms with Gasteiger partial charge in [0.15, 0.2) is 5.82 Å². The minimum atomic E-state index is -0.345. The van der Waals surface area contributed by atoms with Crippen LogP contribution in [0.2, 0.25) is 0 Å². The summed E-state index contributed by atoms with van der Waals surface area (Å²) >= 11 is 0. The van der Waals surface area contributed by atoms with Gasteiger partial charge in [0.25, 0.3) is 0 Å². The molecule has 1 saturated carbocycles. The van der Waals surface area contributed by atoms with Crippen molar-refractivity contribution in [2.45, 2.75) is 58.0 Å². The van der Waals surface area contributed by atoms with Crippen molar-refractivity contribution in [3.05, 3.63) is 17.6 Å². The fourth-order valence-electron chi connectivity index (χ4n) is 2.91. The highest BCUT2D eigenvalue weighted by Gasteiger charge is 2.39. The molecule has 5 heteroatoms. The average molecular weight is 278 g/mol. The monoisotopic (exact) mass is 278 g/mol. The zero-order chi connectivity index (χ0) is 14.6. The lowest BCUT2D eigenvalue weighted by atomic mass is 9.79. The third kappa shape index (κ3) is 3.10. The highest BCUT2D eigenvalue weighted by molar-refractivity contribution is 5.35. The van der Waals surface area contributed by atoms with E-state index >= 15 is 0 Å². The fraction of sp³-hybridized carbons (Fsp3) is 0.733. The van der Waals surface area contributed by atoms with Gasteiger partial charge in [0.2, 0.25) is 0 Å². The summed E-state index contributed by atoms with van der Waals surface area (Å²) in [7, 11) is 1.77. The molecule has 1 aromatic heterocycles. The van der Waals surface area contributed by atoms with Gasteiger partial charge in [0.05, 0.1) is 0 Å². The quantitative estimate of drug-likeness (QED) is 0.640. The van der Waals surface area contributed by atoms with Crippen LogP contribution in [0.15, 0.2) is 6.07 Å². The second kappa shape index (κ2) is 6.50. The van der Waals surface area contributed by atoms with Crippen LogP contribution >= 0.6 is 0 Å². The molecule has 5 nitrogen and oxygen atoms in total. The van der Waals surface area contributed by atoms with Crippen LogP contribution in [-0.2, 0) is 16.8 Å². The van der Waals surface area contributed by atoms with Crippen molar-refractivity contribution in [2.24, 2.45) is 11.8 Å². The normalized spacial score (nSPS) is 26.5. The molecule has 1 aliphatic carbocycles. The predicted molar refractivity (Wildman–Crippen MR) is 80.2 cm³/mol. The Morgan fingerprint density at radius 3 is 2.65 bits per heavy atom. The minimum absolute atomic E-state index is 0.345. The van der Waals surface area contributed by atoms with Crippen LogP contribution in [0.25, 0.3) is 0 Å². The van der Waals surface area contributed by atoms with Crippen molar-refractivity contribution < 1.29 is 4.74 Å². The van der Waals surface area contributed by atoms with E-state index in [9.17, 15) is 0 Å². The number of hydrogen-bond acceptors (Lipinski definition) is 5. The molecule has 1 heterocycles. The van der Waals surface area contributed by atoms with E-state index in [0.717, 1.165) is 56.0 Å². The Morgan fingerprint density at radius 1 is 1.40 bits per heavy atom. The Balaban J connectivity index is 2.35.